The van der Waals surface area contributed by atoms with Crippen LogP contribution in [0.25, 0.3) is 44.3 Å². The molecule has 33 heavy (non-hydrogen) atoms. The number of benzene rings is 4. The van der Waals surface area contributed by atoms with Crippen LogP contribution >= 0.6 is 0 Å². The molecule has 0 bridgehead atoms. The molecule has 0 atom stereocenters. The molecular weight excluding hydrogens is 398 g/mol. The standard InChI is InChI=1S/C32H29N/c1-22-21-33-31(27-18-26-12-8-9-13-28(26)30(19-27)32(2,3)4)20-29(22)25-16-14-24(15-17-25)23-10-6-5-7-11-23/h5-21H,1-4H3/i1D3. The number of nitrogens with zero attached hydrogens (tertiary/aromatic N) is 1. The molecule has 1 heteroatoms. The molecule has 0 unspecified atom stereocenters. The van der Waals surface area contributed by atoms with Crippen molar-refractivity contribution in [2.75, 3.05) is 0 Å². The van der Waals surface area contributed by atoms with E-state index < -0.39 is 6.85 Å². The molecule has 162 valence electrons. The fraction of sp³-hybridized carbons (Fsp3) is 0.156. The van der Waals surface area contributed by atoms with E-state index in [4.69, 9.17) is 4.11 Å². The van der Waals surface area contributed by atoms with E-state index in [-0.39, 0.29) is 11.0 Å². The van der Waals surface area contributed by atoms with Crippen LogP contribution in [0.4, 0.5) is 0 Å². The molecule has 5 aromatic rings. The lowest BCUT2D eigenvalue weighted by atomic mass is 9.82. The lowest BCUT2D eigenvalue weighted by Gasteiger charge is -2.23. The molecule has 0 saturated heterocycles. The van der Waals surface area contributed by atoms with Gasteiger partial charge in [0.25, 0.3) is 0 Å². The van der Waals surface area contributed by atoms with Crippen LogP contribution in [-0.4, -0.2) is 4.98 Å². The van der Waals surface area contributed by atoms with E-state index in [1.54, 1.807) is 0 Å². The number of aryl methyl sites for hydroxylation is 1. The average molecular weight is 431 g/mol. The number of rotatable bonds is 3. The molecular formula is C32H29N. The highest BCUT2D eigenvalue weighted by molar-refractivity contribution is 5.91. The number of hydrogen-bond donors (Lipinski definition) is 0. The highest BCUT2D eigenvalue weighted by Gasteiger charge is 2.19. The van der Waals surface area contributed by atoms with Crippen LogP contribution in [0.1, 0.15) is 36.0 Å². The van der Waals surface area contributed by atoms with Gasteiger partial charge in [0, 0.05) is 15.9 Å². The van der Waals surface area contributed by atoms with Gasteiger partial charge in [0.2, 0.25) is 0 Å². The first-order valence-electron chi connectivity index (χ1n) is 12.8. The summed E-state index contributed by atoms with van der Waals surface area (Å²) < 4.78 is 24.4. The zero-order valence-corrected chi connectivity index (χ0v) is 19.3. The molecule has 1 nitrogen and oxygen atoms in total. The van der Waals surface area contributed by atoms with Crippen LogP contribution in [0.15, 0.2) is 103 Å². The molecule has 0 radical (unpaired) electrons. The molecule has 0 aliphatic carbocycles. The van der Waals surface area contributed by atoms with Gasteiger partial charge in [-0.05, 0) is 74.6 Å². The SMILES string of the molecule is [2H]C([2H])([2H])c1cnc(-c2cc(C(C)(C)C)c3ccccc3c2)cc1-c1ccc(-c2ccccc2)cc1. The molecule has 0 aliphatic rings. The number of fused-ring (bicyclic) bond motifs is 1. The normalized spacial score (nSPS) is 13.4. The third-order valence-electron chi connectivity index (χ3n) is 6.17. The third kappa shape index (κ3) is 4.19. The molecule has 0 saturated carbocycles. The van der Waals surface area contributed by atoms with Gasteiger partial charge in [-0.15, -0.1) is 0 Å². The second-order valence-corrected chi connectivity index (χ2v) is 9.55. The minimum Gasteiger partial charge on any atom is -0.256 e. The Morgan fingerprint density at radius 2 is 1.33 bits per heavy atom. The molecule has 5 rings (SSSR count). The highest BCUT2D eigenvalue weighted by Crippen LogP contribution is 2.36. The Hall–Kier alpha value is -3.71. The summed E-state index contributed by atoms with van der Waals surface area (Å²) >= 11 is 0. The monoisotopic (exact) mass is 430 g/mol. The van der Waals surface area contributed by atoms with Crippen molar-refractivity contribution in [3.63, 3.8) is 0 Å². The van der Waals surface area contributed by atoms with Crippen LogP contribution in [0, 0.1) is 6.85 Å². The Morgan fingerprint density at radius 1 is 0.667 bits per heavy atom. The predicted octanol–water partition coefficient (Wildman–Crippen LogP) is 8.84. The molecule has 1 heterocycles. The van der Waals surface area contributed by atoms with Crippen LogP contribution < -0.4 is 0 Å². The fourth-order valence-corrected chi connectivity index (χ4v) is 4.40. The van der Waals surface area contributed by atoms with Crippen molar-refractivity contribution in [1.29, 1.82) is 0 Å². The summed E-state index contributed by atoms with van der Waals surface area (Å²) in [5.74, 6) is 0. The van der Waals surface area contributed by atoms with Gasteiger partial charge >= 0.3 is 0 Å². The van der Waals surface area contributed by atoms with Gasteiger partial charge in [-0.1, -0.05) is 99.6 Å². The molecule has 0 N–H and O–H groups in total. The summed E-state index contributed by atoms with van der Waals surface area (Å²) in [6.45, 7) is 4.37. The van der Waals surface area contributed by atoms with E-state index in [2.05, 4.69) is 68.2 Å². The van der Waals surface area contributed by atoms with Gasteiger partial charge in [0.15, 0.2) is 0 Å². The number of aromatic nitrogens is 1. The minimum absolute atomic E-state index is 0.0512. The van der Waals surface area contributed by atoms with E-state index in [1.807, 2.05) is 54.6 Å². The second-order valence-electron chi connectivity index (χ2n) is 9.55. The van der Waals surface area contributed by atoms with E-state index in [0.717, 1.165) is 33.3 Å². The predicted molar refractivity (Wildman–Crippen MR) is 141 cm³/mol. The van der Waals surface area contributed by atoms with Crippen LogP contribution in [0.3, 0.4) is 0 Å². The Labute approximate surface area is 201 Å². The van der Waals surface area contributed by atoms with Gasteiger partial charge in [0.1, 0.15) is 0 Å². The third-order valence-corrected chi connectivity index (χ3v) is 6.17. The minimum atomic E-state index is -2.26. The van der Waals surface area contributed by atoms with Crippen LogP contribution in [-0.2, 0) is 5.41 Å². The van der Waals surface area contributed by atoms with E-state index in [9.17, 15) is 0 Å². The zero-order chi connectivity index (χ0) is 25.5. The summed E-state index contributed by atoms with van der Waals surface area (Å²) in [6, 6.07) is 32.9. The van der Waals surface area contributed by atoms with Crippen molar-refractivity contribution in [2.24, 2.45) is 0 Å². The van der Waals surface area contributed by atoms with Crippen molar-refractivity contribution in [2.45, 2.75) is 33.0 Å². The average Bonchev–Trinajstić information content (AvgIpc) is 2.87. The lowest BCUT2D eigenvalue weighted by Crippen LogP contribution is -2.12. The number of pyridine rings is 1. The largest absolute Gasteiger partial charge is 0.256 e. The number of hydrogen-bond acceptors (Lipinski definition) is 1. The van der Waals surface area contributed by atoms with Gasteiger partial charge < -0.3 is 0 Å². The highest BCUT2D eigenvalue weighted by atomic mass is 14.7. The lowest BCUT2D eigenvalue weighted by molar-refractivity contribution is 0.596. The Kier molecular flexibility index (Phi) is 4.49. The van der Waals surface area contributed by atoms with Crippen molar-refractivity contribution >= 4 is 10.8 Å². The van der Waals surface area contributed by atoms with Crippen LogP contribution in [0.2, 0.25) is 0 Å². The molecule has 0 fully saturated rings. The van der Waals surface area contributed by atoms with Gasteiger partial charge in [-0.3, -0.25) is 4.98 Å². The maximum atomic E-state index is 8.13. The van der Waals surface area contributed by atoms with Gasteiger partial charge in [0.05, 0.1) is 5.69 Å². The Bertz CT molecular complexity index is 1530. The van der Waals surface area contributed by atoms with Gasteiger partial charge in [-0.25, -0.2) is 0 Å². The van der Waals surface area contributed by atoms with Crippen molar-refractivity contribution in [3.8, 4) is 33.5 Å². The second kappa shape index (κ2) is 8.33. The molecule has 1 aromatic heterocycles. The zero-order valence-electron chi connectivity index (χ0n) is 22.3. The first-order valence-corrected chi connectivity index (χ1v) is 11.3. The topological polar surface area (TPSA) is 12.9 Å². The Morgan fingerprint density at radius 3 is 2.06 bits per heavy atom. The van der Waals surface area contributed by atoms with E-state index >= 15 is 0 Å². The molecule has 4 aromatic carbocycles. The fourth-order valence-electron chi connectivity index (χ4n) is 4.40. The first kappa shape index (κ1) is 17.8. The smallest absolute Gasteiger partial charge is 0.0708 e. The Balaban J connectivity index is 1.66. The maximum absolute atomic E-state index is 8.13. The molecule has 0 amide bonds. The van der Waals surface area contributed by atoms with Crippen molar-refractivity contribution < 1.29 is 4.11 Å². The first-order chi connectivity index (χ1) is 17.1. The van der Waals surface area contributed by atoms with E-state index in [1.165, 1.54) is 17.1 Å². The van der Waals surface area contributed by atoms with Crippen molar-refractivity contribution in [3.05, 3.63) is 114 Å². The quantitative estimate of drug-likeness (QED) is 0.278. The molecule has 0 aliphatic heterocycles. The van der Waals surface area contributed by atoms with Gasteiger partial charge in [-0.2, -0.15) is 0 Å². The summed E-state index contributed by atoms with van der Waals surface area (Å²) in [5, 5.41) is 2.37. The van der Waals surface area contributed by atoms with E-state index in [0.29, 0.717) is 5.56 Å². The summed E-state index contributed by atoms with van der Waals surface area (Å²) in [4.78, 5) is 4.64. The van der Waals surface area contributed by atoms with Crippen molar-refractivity contribution in [1.82, 2.24) is 4.98 Å². The molecule has 0 spiro atoms. The van der Waals surface area contributed by atoms with Crippen LogP contribution in [0.5, 0.6) is 0 Å². The maximum Gasteiger partial charge on any atom is 0.0708 e. The summed E-state index contributed by atoms with van der Waals surface area (Å²) in [5.41, 5.74) is 6.96. The summed E-state index contributed by atoms with van der Waals surface area (Å²) in [6.07, 6.45) is 1.52. The summed E-state index contributed by atoms with van der Waals surface area (Å²) in [7, 11) is 0.